The maximum absolute atomic E-state index is 12.6. The van der Waals surface area contributed by atoms with Crippen molar-refractivity contribution in [3.05, 3.63) is 41.8 Å². The van der Waals surface area contributed by atoms with E-state index in [0.29, 0.717) is 17.2 Å². The van der Waals surface area contributed by atoms with Gasteiger partial charge in [-0.1, -0.05) is 0 Å². The van der Waals surface area contributed by atoms with Crippen molar-refractivity contribution >= 4 is 17.4 Å². The summed E-state index contributed by atoms with van der Waals surface area (Å²) in [6.45, 7) is 0. The molecule has 0 aliphatic carbocycles. The Balaban J connectivity index is 1.95. The quantitative estimate of drug-likeness (QED) is 0.748. The van der Waals surface area contributed by atoms with Gasteiger partial charge in [0.2, 0.25) is 5.91 Å². The number of hydrogen-bond donors (Lipinski definition) is 3. The molecule has 1 heterocycles. The van der Waals surface area contributed by atoms with E-state index >= 15 is 0 Å². The minimum absolute atomic E-state index is 0.140. The molecule has 0 aliphatic heterocycles. The zero-order valence-electron chi connectivity index (χ0n) is 8.90. The zero-order chi connectivity index (χ0) is 12.3. The van der Waals surface area contributed by atoms with Gasteiger partial charge >= 0.3 is 0 Å². The van der Waals surface area contributed by atoms with Crippen LogP contribution in [0.2, 0.25) is 0 Å². The average molecular weight is 234 g/mol. The molecule has 88 valence electrons. The minimum atomic E-state index is -0.343. The summed E-state index contributed by atoms with van der Waals surface area (Å²) in [5, 5.41) is 8.98. The summed E-state index contributed by atoms with van der Waals surface area (Å²) >= 11 is 0. The SMILES string of the molecule is Nc1cc(CC(=O)Nc2ccc(F)cc2)[nH]n1. The Morgan fingerprint density at radius 1 is 1.41 bits per heavy atom. The number of benzene rings is 1. The molecule has 0 aliphatic rings. The number of aromatic nitrogens is 2. The topological polar surface area (TPSA) is 83.8 Å². The predicted octanol–water partition coefficient (Wildman–Crippen LogP) is 1.31. The van der Waals surface area contributed by atoms with Crippen LogP contribution in [-0.4, -0.2) is 16.1 Å². The molecule has 6 heteroatoms. The third kappa shape index (κ3) is 3.04. The van der Waals surface area contributed by atoms with E-state index in [4.69, 9.17) is 5.73 Å². The second kappa shape index (κ2) is 4.65. The smallest absolute Gasteiger partial charge is 0.230 e. The number of nitrogens with one attached hydrogen (secondary N) is 2. The summed E-state index contributed by atoms with van der Waals surface area (Å²) in [7, 11) is 0. The molecule has 0 saturated heterocycles. The molecule has 0 spiro atoms. The number of halogens is 1. The van der Waals surface area contributed by atoms with Crippen LogP contribution in [0.15, 0.2) is 30.3 Å². The molecule has 1 aromatic heterocycles. The number of nitrogens with zero attached hydrogens (tertiary/aromatic N) is 1. The number of anilines is 2. The molecule has 4 N–H and O–H groups in total. The van der Waals surface area contributed by atoms with Gasteiger partial charge in [0.25, 0.3) is 0 Å². The number of carbonyl (C=O) groups excluding carboxylic acids is 1. The van der Waals surface area contributed by atoms with Crippen molar-refractivity contribution in [1.82, 2.24) is 10.2 Å². The maximum Gasteiger partial charge on any atom is 0.230 e. The summed E-state index contributed by atoms with van der Waals surface area (Å²) < 4.78 is 12.6. The zero-order valence-corrected chi connectivity index (χ0v) is 8.90. The van der Waals surface area contributed by atoms with E-state index in [2.05, 4.69) is 15.5 Å². The largest absolute Gasteiger partial charge is 0.382 e. The molecule has 5 nitrogen and oxygen atoms in total. The van der Waals surface area contributed by atoms with Crippen molar-refractivity contribution in [2.75, 3.05) is 11.1 Å². The molecular formula is C11H11FN4O. The molecular weight excluding hydrogens is 223 g/mol. The van der Waals surface area contributed by atoms with Crippen LogP contribution in [0.3, 0.4) is 0 Å². The number of rotatable bonds is 3. The van der Waals surface area contributed by atoms with Crippen molar-refractivity contribution in [3.8, 4) is 0 Å². The van der Waals surface area contributed by atoms with Crippen LogP contribution in [0, 0.1) is 5.82 Å². The average Bonchev–Trinajstić information content (AvgIpc) is 2.67. The third-order valence-corrected chi connectivity index (χ3v) is 2.13. The van der Waals surface area contributed by atoms with Crippen LogP contribution < -0.4 is 11.1 Å². The van der Waals surface area contributed by atoms with Crippen LogP contribution in [-0.2, 0) is 11.2 Å². The number of hydrogen-bond acceptors (Lipinski definition) is 3. The van der Waals surface area contributed by atoms with Crippen molar-refractivity contribution in [2.45, 2.75) is 6.42 Å². The van der Waals surface area contributed by atoms with E-state index in [9.17, 15) is 9.18 Å². The molecule has 0 radical (unpaired) electrons. The van der Waals surface area contributed by atoms with E-state index in [1.54, 1.807) is 6.07 Å². The lowest BCUT2D eigenvalue weighted by atomic mass is 10.2. The molecule has 0 bridgehead atoms. The Morgan fingerprint density at radius 3 is 2.71 bits per heavy atom. The monoisotopic (exact) mass is 234 g/mol. The van der Waals surface area contributed by atoms with E-state index in [1.807, 2.05) is 0 Å². The summed E-state index contributed by atoms with van der Waals surface area (Å²) in [6, 6.07) is 7.14. The lowest BCUT2D eigenvalue weighted by Gasteiger charge is -2.03. The summed E-state index contributed by atoms with van der Waals surface area (Å²) in [5.41, 5.74) is 6.58. The fourth-order valence-electron chi connectivity index (χ4n) is 1.38. The van der Waals surface area contributed by atoms with Crippen LogP contribution in [0.4, 0.5) is 15.9 Å². The van der Waals surface area contributed by atoms with Crippen LogP contribution >= 0.6 is 0 Å². The molecule has 0 unspecified atom stereocenters. The molecule has 0 atom stereocenters. The second-order valence-corrected chi connectivity index (χ2v) is 3.55. The highest BCUT2D eigenvalue weighted by Crippen LogP contribution is 2.09. The Hall–Kier alpha value is -2.37. The van der Waals surface area contributed by atoms with Gasteiger partial charge in [-0.15, -0.1) is 0 Å². The van der Waals surface area contributed by atoms with Crippen LogP contribution in [0.5, 0.6) is 0 Å². The highest BCUT2D eigenvalue weighted by atomic mass is 19.1. The first-order chi connectivity index (χ1) is 8.13. The minimum Gasteiger partial charge on any atom is -0.382 e. The first-order valence-corrected chi connectivity index (χ1v) is 4.98. The highest BCUT2D eigenvalue weighted by molar-refractivity contribution is 5.92. The molecule has 0 saturated carbocycles. The van der Waals surface area contributed by atoms with Crippen LogP contribution in [0.25, 0.3) is 0 Å². The lowest BCUT2D eigenvalue weighted by Crippen LogP contribution is -2.14. The third-order valence-electron chi connectivity index (χ3n) is 2.13. The molecule has 1 amide bonds. The summed E-state index contributed by atoms with van der Waals surface area (Å²) in [5.74, 6) is -0.223. The van der Waals surface area contributed by atoms with Gasteiger partial charge in [0, 0.05) is 17.4 Å². The van der Waals surface area contributed by atoms with Crippen molar-refractivity contribution in [1.29, 1.82) is 0 Å². The summed E-state index contributed by atoms with van der Waals surface area (Å²) in [6.07, 6.45) is 0.140. The molecule has 2 rings (SSSR count). The Kier molecular flexibility index (Phi) is 3.04. The first kappa shape index (κ1) is 11.1. The fraction of sp³-hybridized carbons (Fsp3) is 0.0909. The number of carbonyl (C=O) groups is 1. The standard InChI is InChI=1S/C11H11FN4O/c12-7-1-3-8(4-2-7)14-11(17)6-9-5-10(13)16-15-9/h1-5H,6H2,(H,14,17)(H3,13,15,16). The summed E-state index contributed by atoms with van der Waals surface area (Å²) in [4.78, 5) is 11.6. The van der Waals surface area contributed by atoms with Gasteiger partial charge < -0.3 is 11.1 Å². The molecule has 1 aromatic carbocycles. The number of nitrogens with two attached hydrogens (primary N) is 1. The predicted molar refractivity (Wildman–Crippen MR) is 61.7 cm³/mol. The van der Waals surface area contributed by atoms with Gasteiger partial charge in [0.05, 0.1) is 6.42 Å². The van der Waals surface area contributed by atoms with Gasteiger partial charge in [-0.05, 0) is 24.3 Å². The Morgan fingerprint density at radius 2 is 2.12 bits per heavy atom. The van der Waals surface area contributed by atoms with Crippen molar-refractivity contribution in [3.63, 3.8) is 0 Å². The van der Waals surface area contributed by atoms with Gasteiger partial charge in [0.1, 0.15) is 11.6 Å². The number of aromatic amines is 1. The molecule has 17 heavy (non-hydrogen) atoms. The lowest BCUT2D eigenvalue weighted by molar-refractivity contribution is -0.115. The van der Waals surface area contributed by atoms with Crippen molar-refractivity contribution < 1.29 is 9.18 Å². The molecule has 2 aromatic rings. The van der Waals surface area contributed by atoms with Crippen molar-refractivity contribution in [2.24, 2.45) is 0 Å². The van der Waals surface area contributed by atoms with Gasteiger partial charge in [0.15, 0.2) is 0 Å². The van der Waals surface area contributed by atoms with Crippen LogP contribution in [0.1, 0.15) is 5.69 Å². The normalized spacial score (nSPS) is 10.2. The van der Waals surface area contributed by atoms with E-state index in [0.717, 1.165) is 0 Å². The maximum atomic E-state index is 12.6. The number of amides is 1. The highest BCUT2D eigenvalue weighted by Gasteiger charge is 2.06. The Bertz CT molecular complexity index is 521. The van der Waals surface area contributed by atoms with Gasteiger partial charge in [-0.25, -0.2) is 4.39 Å². The number of H-pyrrole nitrogens is 1. The van der Waals surface area contributed by atoms with E-state index < -0.39 is 0 Å². The second-order valence-electron chi connectivity index (χ2n) is 3.55. The number of nitrogen functional groups attached to an aromatic ring is 1. The first-order valence-electron chi connectivity index (χ1n) is 4.98. The van der Waals surface area contributed by atoms with Gasteiger partial charge in [-0.3, -0.25) is 9.89 Å². The van der Waals surface area contributed by atoms with Gasteiger partial charge in [-0.2, -0.15) is 5.10 Å². The van der Waals surface area contributed by atoms with E-state index in [-0.39, 0.29) is 18.1 Å². The molecule has 0 fully saturated rings. The van der Waals surface area contributed by atoms with E-state index in [1.165, 1.54) is 24.3 Å². The fourth-order valence-corrected chi connectivity index (χ4v) is 1.38. The Labute approximate surface area is 96.8 Å².